The number of rotatable bonds is 11. The first-order valence-corrected chi connectivity index (χ1v) is 8.95. The van der Waals surface area contributed by atoms with Crippen molar-refractivity contribution in [3.05, 3.63) is 0 Å². The monoisotopic (exact) mass is 287 g/mol. The average Bonchev–Trinajstić information content (AvgIpc) is 2.43. The van der Waals surface area contributed by atoms with Crippen molar-refractivity contribution in [1.82, 2.24) is 4.90 Å². The smallest absolute Gasteiger partial charge is 0.0702 e. The minimum absolute atomic E-state index is 0.500. The van der Waals surface area contributed by atoms with Gasteiger partial charge < -0.3 is 9.64 Å². The second-order valence-electron chi connectivity index (χ2n) is 5.72. The molecule has 0 spiro atoms. The first-order chi connectivity index (χ1) is 9.36. The van der Waals surface area contributed by atoms with Crippen LogP contribution < -0.4 is 0 Å². The standard InChI is InChI=1S/C16H33NOS/c1-2-18-16-11-10-13-17(15-16)12-8-6-4-3-5-7-9-14-19/h16,19H,2-15H2,1H3. The average molecular weight is 288 g/mol. The van der Waals surface area contributed by atoms with Crippen molar-refractivity contribution in [2.75, 3.05) is 32.0 Å². The topological polar surface area (TPSA) is 12.5 Å². The maximum Gasteiger partial charge on any atom is 0.0702 e. The van der Waals surface area contributed by atoms with Gasteiger partial charge in [-0.2, -0.15) is 12.6 Å². The van der Waals surface area contributed by atoms with Crippen molar-refractivity contribution in [1.29, 1.82) is 0 Å². The van der Waals surface area contributed by atoms with Crippen molar-refractivity contribution >= 4 is 12.6 Å². The van der Waals surface area contributed by atoms with Crippen LogP contribution in [0.5, 0.6) is 0 Å². The minimum atomic E-state index is 0.500. The van der Waals surface area contributed by atoms with Crippen LogP contribution in [0.15, 0.2) is 0 Å². The summed E-state index contributed by atoms with van der Waals surface area (Å²) in [5, 5.41) is 0. The van der Waals surface area contributed by atoms with Gasteiger partial charge >= 0.3 is 0 Å². The van der Waals surface area contributed by atoms with Crippen molar-refractivity contribution in [2.45, 2.75) is 70.8 Å². The Morgan fingerprint density at radius 2 is 1.74 bits per heavy atom. The molecule has 0 aromatic rings. The second-order valence-corrected chi connectivity index (χ2v) is 6.17. The van der Waals surface area contributed by atoms with Crippen LogP contribution in [0.25, 0.3) is 0 Å². The summed E-state index contributed by atoms with van der Waals surface area (Å²) in [5.74, 6) is 1.05. The van der Waals surface area contributed by atoms with Gasteiger partial charge in [0.05, 0.1) is 6.10 Å². The zero-order valence-corrected chi connectivity index (χ0v) is 13.7. The molecular weight excluding hydrogens is 254 g/mol. The molecule has 0 aliphatic carbocycles. The van der Waals surface area contributed by atoms with Crippen molar-refractivity contribution in [2.24, 2.45) is 0 Å². The first-order valence-electron chi connectivity index (χ1n) is 8.31. The van der Waals surface area contributed by atoms with Gasteiger partial charge in [-0.25, -0.2) is 0 Å². The molecule has 1 rings (SSSR count). The molecule has 19 heavy (non-hydrogen) atoms. The van der Waals surface area contributed by atoms with E-state index in [4.69, 9.17) is 4.74 Å². The largest absolute Gasteiger partial charge is 0.377 e. The summed E-state index contributed by atoms with van der Waals surface area (Å²) < 4.78 is 5.75. The highest BCUT2D eigenvalue weighted by Gasteiger charge is 2.19. The molecule has 1 aliphatic rings. The van der Waals surface area contributed by atoms with Crippen LogP contribution in [-0.4, -0.2) is 43.0 Å². The van der Waals surface area contributed by atoms with Gasteiger partial charge in [0.25, 0.3) is 0 Å². The SMILES string of the molecule is CCOC1CCCN(CCCCCCCCCS)C1. The van der Waals surface area contributed by atoms with Crippen LogP contribution in [0.3, 0.4) is 0 Å². The molecule has 1 aliphatic heterocycles. The van der Waals surface area contributed by atoms with Gasteiger partial charge in [-0.3, -0.25) is 0 Å². The molecule has 0 saturated carbocycles. The third-order valence-electron chi connectivity index (χ3n) is 4.00. The molecule has 2 nitrogen and oxygen atoms in total. The normalized spacial score (nSPS) is 20.8. The molecule has 1 saturated heterocycles. The maximum atomic E-state index is 5.75. The van der Waals surface area contributed by atoms with Crippen LogP contribution in [0.4, 0.5) is 0 Å². The van der Waals surface area contributed by atoms with Gasteiger partial charge in [0.15, 0.2) is 0 Å². The van der Waals surface area contributed by atoms with Crippen molar-refractivity contribution in [3.8, 4) is 0 Å². The molecule has 1 fully saturated rings. The van der Waals surface area contributed by atoms with E-state index in [0.29, 0.717) is 6.10 Å². The van der Waals surface area contributed by atoms with Crippen LogP contribution in [0.2, 0.25) is 0 Å². The predicted molar refractivity (Wildman–Crippen MR) is 87.3 cm³/mol. The molecule has 0 bridgehead atoms. The zero-order chi connectivity index (χ0) is 13.8. The van der Waals surface area contributed by atoms with Crippen molar-refractivity contribution < 1.29 is 4.74 Å². The van der Waals surface area contributed by atoms with E-state index in [1.54, 1.807) is 0 Å². The lowest BCUT2D eigenvalue weighted by Crippen LogP contribution is -2.40. The summed E-state index contributed by atoms with van der Waals surface area (Å²) in [7, 11) is 0. The molecule has 1 atom stereocenters. The minimum Gasteiger partial charge on any atom is -0.377 e. The molecule has 1 heterocycles. The third kappa shape index (κ3) is 8.93. The van der Waals surface area contributed by atoms with Gasteiger partial charge in [0.2, 0.25) is 0 Å². The van der Waals surface area contributed by atoms with Gasteiger partial charge in [-0.15, -0.1) is 0 Å². The lowest BCUT2D eigenvalue weighted by Gasteiger charge is -2.32. The van der Waals surface area contributed by atoms with Gasteiger partial charge in [-0.1, -0.05) is 32.1 Å². The van der Waals surface area contributed by atoms with E-state index < -0.39 is 0 Å². The van der Waals surface area contributed by atoms with E-state index in [-0.39, 0.29) is 0 Å². The Morgan fingerprint density at radius 3 is 2.42 bits per heavy atom. The highest BCUT2D eigenvalue weighted by atomic mass is 32.1. The Bertz CT molecular complexity index is 199. The number of hydrogen-bond acceptors (Lipinski definition) is 3. The first kappa shape index (κ1) is 17.3. The summed E-state index contributed by atoms with van der Waals surface area (Å²) >= 11 is 4.24. The van der Waals surface area contributed by atoms with E-state index in [1.807, 2.05) is 0 Å². The highest BCUT2D eigenvalue weighted by Crippen LogP contribution is 2.14. The zero-order valence-electron chi connectivity index (χ0n) is 12.8. The van der Waals surface area contributed by atoms with E-state index in [1.165, 1.54) is 70.9 Å². The van der Waals surface area contributed by atoms with E-state index in [2.05, 4.69) is 24.5 Å². The Morgan fingerprint density at radius 1 is 1.05 bits per heavy atom. The number of unbranched alkanes of at least 4 members (excludes halogenated alkanes) is 6. The predicted octanol–water partition coefficient (Wildman–Crippen LogP) is 4.15. The van der Waals surface area contributed by atoms with E-state index in [0.717, 1.165) is 18.9 Å². The Hall–Kier alpha value is 0.270. The molecule has 1 unspecified atom stereocenters. The van der Waals surface area contributed by atoms with Crippen LogP contribution in [0, 0.1) is 0 Å². The molecule has 0 N–H and O–H groups in total. The highest BCUT2D eigenvalue weighted by molar-refractivity contribution is 7.80. The molecule has 0 radical (unpaired) electrons. The van der Waals surface area contributed by atoms with E-state index >= 15 is 0 Å². The Kier molecular flexibility index (Phi) is 11.0. The summed E-state index contributed by atoms with van der Waals surface area (Å²) in [6.45, 7) is 6.69. The molecule has 0 aromatic carbocycles. The summed E-state index contributed by atoms with van der Waals surface area (Å²) in [6, 6.07) is 0. The quantitative estimate of drug-likeness (QED) is 0.453. The fourth-order valence-corrected chi connectivity index (χ4v) is 3.14. The number of likely N-dealkylation sites (tertiary alicyclic amines) is 1. The van der Waals surface area contributed by atoms with Crippen LogP contribution >= 0.6 is 12.6 Å². The number of hydrogen-bond donors (Lipinski definition) is 1. The summed E-state index contributed by atoms with van der Waals surface area (Å²) in [6.07, 6.45) is 12.7. The molecule has 0 amide bonds. The Labute approximate surface area is 125 Å². The second kappa shape index (κ2) is 12.0. The fourth-order valence-electron chi connectivity index (χ4n) is 2.92. The Balaban J connectivity index is 1.91. The van der Waals surface area contributed by atoms with Gasteiger partial charge in [0.1, 0.15) is 0 Å². The molecule has 114 valence electrons. The summed E-state index contributed by atoms with van der Waals surface area (Å²) in [5.41, 5.74) is 0. The van der Waals surface area contributed by atoms with E-state index in [9.17, 15) is 0 Å². The molecule has 3 heteroatoms. The lowest BCUT2D eigenvalue weighted by molar-refractivity contribution is 0.00558. The van der Waals surface area contributed by atoms with Gasteiger partial charge in [0, 0.05) is 13.2 Å². The van der Waals surface area contributed by atoms with Crippen LogP contribution in [0.1, 0.15) is 64.7 Å². The molecular formula is C16H33NOS. The van der Waals surface area contributed by atoms with Crippen molar-refractivity contribution in [3.63, 3.8) is 0 Å². The molecule has 0 aromatic heterocycles. The summed E-state index contributed by atoms with van der Waals surface area (Å²) in [4.78, 5) is 2.60. The number of piperidine rings is 1. The fraction of sp³-hybridized carbons (Fsp3) is 1.00. The lowest BCUT2D eigenvalue weighted by atomic mass is 10.1. The number of thiol groups is 1. The third-order valence-corrected chi connectivity index (χ3v) is 4.31. The van der Waals surface area contributed by atoms with Crippen LogP contribution in [-0.2, 0) is 4.74 Å². The number of nitrogens with zero attached hydrogens (tertiary/aromatic N) is 1. The van der Waals surface area contributed by atoms with Gasteiger partial charge in [-0.05, 0) is 51.4 Å². The maximum absolute atomic E-state index is 5.75. The number of ether oxygens (including phenoxy) is 1.